The number of fused-ring (bicyclic) bond motifs is 1. The van der Waals surface area contributed by atoms with Crippen LogP contribution in [0.1, 0.15) is 12.5 Å². The molecule has 0 saturated carbocycles. The van der Waals surface area contributed by atoms with Crippen LogP contribution in [0.25, 0.3) is 11.2 Å². The molecular formula is C20H26N6O2. The predicted molar refractivity (Wildman–Crippen MR) is 110 cm³/mol. The summed E-state index contributed by atoms with van der Waals surface area (Å²) in [5.74, 6) is 0.746. The average molecular weight is 382 g/mol. The Hall–Kier alpha value is -2.87. The summed E-state index contributed by atoms with van der Waals surface area (Å²) < 4.78 is 4.60. The fourth-order valence-electron chi connectivity index (χ4n) is 3.88. The van der Waals surface area contributed by atoms with Gasteiger partial charge in [-0.2, -0.15) is 4.98 Å². The highest BCUT2D eigenvalue weighted by molar-refractivity contribution is 5.74. The molecule has 1 aliphatic heterocycles. The maximum atomic E-state index is 13.2. The van der Waals surface area contributed by atoms with Gasteiger partial charge in [-0.3, -0.25) is 13.9 Å². The molecule has 1 fully saturated rings. The van der Waals surface area contributed by atoms with Gasteiger partial charge >= 0.3 is 5.69 Å². The van der Waals surface area contributed by atoms with Crippen LogP contribution in [0.4, 0.5) is 5.95 Å². The van der Waals surface area contributed by atoms with Crippen molar-refractivity contribution in [3.63, 3.8) is 0 Å². The average Bonchev–Trinajstić information content (AvgIpc) is 3.08. The molecule has 8 heteroatoms. The van der Waals surface area contributed by atoms with E-state index in [1.807, 2.05) is 41.9 Å². The van der Waals surface area contributed by atoms with Crippen LogP contribution in [0.2, 0.25) is 0 Å². The van der Waals surface area contributed by atoms with Gasteiger partial charge in [0.2, 0.25) is 5.95 Å². The van der Waals surface area contributed by atoms with Crippen molar-refractivity contribution in [1.82, 2.24) is 23.6 Å². The van der Waals surface area contributed by atoms with Gasteiger partial charge in [0.1, 0.15) is 0 Å². The summed E-state index contributed by atoms with van der Waals surface area (Å²) in [4.78, 5) is 35.3. The van der Waals surface area contributed by atoms with Crippen molar-refractivity contribution in [3.8, 4) is 0 Å². The highest BCUT2D eigenvalue weighted by Gasteiger charge is 2.24. The fourth-order valence-corrected chi connectivity index (χ4v) is 3.88. The lowest BCUT2D eigenvalue weighted by molar-refractivity contribution is 0.269. The fraction of sp³-hybridized carbons (Fsp3) is 0.450. The van der Waals surface area contributed by atoms with Crippen LogP contribution in [0.5, 0.6) is 0 Å². The van der Waals surface area contributed by atoms with Crippen molar-refractivity contribution >= 4 is 17.1 Å². The number of likely N-dealkylation sites (N-methyl/N-ethyl adjacent to an activating group) is 1. The summed E-state index contributed by atoms with van der Waals surface area (Å²) in [6, 6.07) is 9.55. The Kier molecular flexibility index (Phi) is 4.80. The van der Waals surface area contributed by atoms with Crippen LogP contribution in [0.3, 0.4) is 0 Å². The zero-order chi connectivity index (χ0) is 19.8. The normalized spacial score (nSPS) is 15.5. The second-order valence-corrected chi connectivity index (χ2v) is 7.28. The van der Waals surface area contributed by atoms with E-state index in [0.717, 1.165) is 44.2 Å². The van der Waals surface area contributed by atoms with E-state index in [4.69, 9.17) is 0 Å². The molecule has 0 radical (unpaired) electrons. The number of benzene rings is 1. The van der Waals surface area contributed by atoms with E-state index >= 15 is 0 Å². The molecular weight excluding hydrogens is 356 g/mol. The first-order valence-electron chi connectivity index (χ1n) is 9.68. The van der Waals surface area contributed by atoms with E-state index < -0.39 is 0 Å². The van der Waals surface area contributed by atoms with E-state index in [9.17, 15) is 9.59 Å². The van der Waals surface area contributed by atoms with Gasteiger partial charge in [0.05, 0.1) is 6.54 Å². The lowest BCUT2D eigenvalue weighted by Crippen LogP contribution is -2.47. The van der Waals surface area contributed by atoms with E-state index in [0.29, 0.717) is 11.2 Å². The van der Waals surface area contributed by atoms with Crippen molar-refractivity contribution in [3.05, 3.63) is 56.7 Å². The Bertz CT molecular complexity index is 1100. The molecule has 1 aliphatic rings. The van der Waals surface area contributed by atoms with Gasteiger partial charge in [-0.1, -0.05) is 37.3 Å². The minimum Gasteiger partial charge on any atom is -0.340 e. The first-order valence-corrected chi connectivity index (χ1v) is 9.68. The Labute approximate surface area is 163 Å². The molecule has 28 heavy (non-hydrogen) atoms. The third-order valence-electron chi connectivity index (χ3n) is 5.62. The van der Waals surface area contributed by atoms with Crippen molar-refractivity contribution in [2.45, 2.75) is 13.5 Å². The molecule has 0 amide bonds. The third kappa shape index (κ3) is 3.03. The molecule has 148 valence electrons. The largest absolute Gasteiger partial charge is 0.340 e. The number of aryl methyl sites for hydroxylation is 2. The molecule has 3 heterocycles. The number of hydrogen-bond donors (Lipinski definition) is 0. The molecule has 0 N–H and O–H groups in total. The molecule has 1 saturated heterocycles. The molecule has 0 atom stereocenters. The smallest absolute Gasteiger partial charge is 0.332 e. The number of nitrogens with zero attached hydrogens (tertiary/aromatic N) is 6. The van der Waals surface area contributed by atoms with Gasteiger partial charge in [0.15, 0.2) is 11.2 Å². The minimum absolute atomic E-state index is 0.248. The molecule has 0 spiro atoms. The highest BCUT2D eigenvalue weighted by atomic mass is 16.2. The maximum Gasteiger partial charge on any atom is 0.332 e. The lowest BCUT2D eigenvalue weighted by Gasteiger charge is -2.34. The Balaban J connectivity index is 1.80. The van der Waals surface area contributed by atoms with Crippen LogP contribution >= 0.6 is 0 Å². The first kappa shape index (κ1) is 18.5. The standard InChI is InChI=1S/C20H26N6O2/c1-4-24-10-12-25(13-11-24)19-21-17-16(22(19)2)18(27)26(20(28)23(17)3)14-15-8-6-5-7-9-15/h5-9H,4,10-14H2,1-3H3. The van der Waals surface area contributed by atoms with E-state index in [2.05, 4.69) is 21.7 Å². The maximum absolute atomic E-state index is 13.2. The summed E-state index contributed by atoms with van der Waals surface area (Å²) in [5.41, 5.74) is 1.18. The van der Waals surface area contributed by atoms with Crippen molar-refractivity contribution in [2.24, 2.45) is 14.1 Å². The van der Waals surface area contributed by atoms with Gasteiger partial charge in [0, 0.05) is 40.3 Å². The first-order chi connectivity index (χ1) is 13.5. The zero-order valence-electron chi connectivity index (χ0n) is 16.6. The monoisotopic (exact) mass is 382 g/mol. The van der Waals surface area contributed by atoms with Gasteiger partial charge < -0.3 is 14.4 Å². The van der Waals surface area contributed by atoms with E-state index in [1.165, 1.54) is 9.13 Å². The van der Waals surface area contributed by atoms with Gasteiger partial charge in [0.25, 0.3) is 5.56 Å². The number of rotatable bonds is 4. The lowest BCUT2D eigenvalue weighted by atomic mass is 10.2. The molecule has 8 nitrogen and oxygen atoms in total. The summed E-state index contributed by atoms with van der Waals surface area (Å²) in [6.07, 6.45) is 0. The van der Waals surface area contributed by atoms with E-state index in [-0.39, 0.29) is 17.8 Å². The van der Waals surface area contributed by atoms with Crippen LogP contribution in [0, 0.1) is 0 Å². The van der Waals surface area contributed by atoms with Crippen LogP contribution in [-0.4, -0.2) is 56.3 Å². The Morgan fingerprint density at radius 2 is 1.64 bits per heavy atom. The van der Waals surface area contributed by atoms with Crippen molar-refractivity contribution < 1.29 is 0 Å². The van der Waals surface area contributed by atoms with Crippen molar-refractivity contribution in [1.29, 1.82) is 0 Å². The topological polar surface area (TPSA) is 68.3 Å². The summed E-state index contributed by atoms with van der Waals surface area (Å²) in [7, 11) is 3.53. The summed E-state index contributed by atoms with van der Waals surface area (Å²) in [5, 5.41) is 0. The molecule has 0 unspecified atom stereocenters. The van der Waals surface area contributed by atoms with Crippen molar-refractivity contribution in [2.75, 3.05) is 37.6 Å². The zero-order valence-corrected chi connectivity index (χ0v) is 16.6. The number of anilines is 1. The molecule has 0 bridgehead atoms. The Morgan fingerprint density at radius 3 is 2.29 bits per heavy atom. The number of aromatic nitrogens is 4. The van der Waals surface area contributed by atoms with Gasteiger partial charge in [-0.05, 0) is 12.1 Å². The van der Waals surface area contributed by atoms with Crippen LogP contribution < -0.4 is 16.1 Å². The second-order valence-electron chi connectivity index (χ2n) is 7.28. The molecule has 0 aliphatic carbocycles. The molecule has 2 aromatic heterocycles. The quantitative estimate of drug-likeness (QED) is 0.662. The van der Waals surface area contributed by atoms with Crippen LogP contribution in [0.15, 0.2) is 39.9 Å². The third-order valence-corrected chi connectivity index (χ3v) is 5.62. The predicted octanol–water partition coefficient (Wildman–Crippen LogP) is 0.624. The number of hydrogen-bond acceptors (Lipinski definition) is 5. The second kappa shape index (κ2) is 7.27. The molecule has 3 aromatic rings. The number of piperazine rings is 1. The minimum atomic E-state index is -0.346. The van der Waals surface area contributed by atoms with E-state index in [1.54, 1.807) is 7.05 Å². The molecule has 1 aromatic carbocycles. The van der Waals surface area contributed by atoms with Gasteiger partial charge in [-0.15, -0.1) is 0 Å². The molecule has 4 rings (SSSR count). The Morgan fingerprint density at radius 1 is 0.964 bits per heavy atom. The van der Waals surface area contributed by atoms with Crippen LogP contribution in [-0.2, 0) is 20.6 Å². The highest BCUT2D eigenvalue weighted by Crippen LogP contribution is 2.19. The van der Waals surface area contributed by atoms with Gasteiger partial charge in [-0.25, -0.2) is 4.79 Å². The summed E-state index contributed by atoms with van der Waals surface area (Å²) >= 11 is 0. The summed E-state index contributed by atoms with van der Waals surface area (Å²) in [6.45, 7) is 7.10. The SMILES string of the molecule is CCN1CCN(c2nc3c(c(=O)n(Cc4ccccc4)c(=O)n3C)n2C)CC1. The number of imidazole rings is 1.